The predicted octanol–water partition coefficient (Wildman–Crippen LogP) is 2.20. The Morgan fingerprint density at radius 2 is 2.07 bits per heavy atom. The summed E-state index contributed by atoms with van der Waals surface area (Å²) in [5.74, 6) is 0. The fraction of sp³-hybridized carbons (Fsp3) is 0.375. The molecular weight excluding hydrogens is 219 g/mol. The van der Waals surface area contributed by atoms with Crippen LogP contribution in [0.15, 0.2) is 18.2 Å². The maximum atomic E-state index is 11.9. The van der Waals surface area contributed by atoms with Crippen LogP contribution in [0.1, 0.15) is 5.69 Å². The SMILES string of the molecule is O[C@H](Cc1cccc(Cl)n1)C(F)(F)F. The first-order valence-electron chi connectivity index (χ1n) is 3.76. The van der Waals surface area contributed by atoms with E-state index in [1.807, 2.05) is 0 Å². The van der Waals surface area contributed by atoms with Gasteiger partial charge in [-0.05, 0) is 12.1 Å². The molecule has 0 fully saturated rings. The van der Waals surface area contributed by atoms with E-state index < -0.39 is 18.7 Å². The van der Waals surface area contributed by atoms with Gasteiger partial charge in [0.25, 0.3) is 0 Å². The van der Waals surface area contributed by atoms with Gasteiger partial charge in [-0.15, -0.1) is 0 Å². The molecule has 1 rings (SSSR count). The van der Waals surface area contributed by atoms with Crippen molar-refractivity contribution in [2.75, 3.05) is 0 Å². The highest BCUT2D eigenvalue weighted by atomic mass is 35.5. The minimum absolute atomic E-state index is 0.108. The molecule has 1 atom stereocenters. The number of nitrogens with zero attached hydrogens (tertiary/aromatic N) is 1. The normalized spacial score (nSPS) is 14.1. The topological polar surface area (TPSA) is 33.1 Å². The van der Waals surface area contributed by atoms with Crippen molar-refractivity contribution in [3.8, 4) is 0 Å². The van der Waals surface area contributed by atoms with E-state index in [0.29, 0.717) is 0 Å². The van der Waals surface area contributed by atoms with E-state index in [2.05, 4.69) is 4.98 Å². The monoisotopic (exact) mass is 225 g/mol. The molecule has 0 aromatic carbocycles. The molecule has 0 unspecified atom stereocenters. The summed E-state index contributed by atoms with van der Waals surface area (Å²) in [4.78, 5) is 3.63. The molecule has 0 radical (unpaired) electrons. The van der Waals surface area contributed by atoms with Crippen molar-refractivity contribution in [1.82, 2.24) is 4.98 Å². The molecule has 1 aromatic rings. The number of hydrogen-bond donors (Lipinski definition) is 1. The fourth-order valence-electron chi connectivity index (χ4n) is 0.878. The van der Waals surface area contributed by atoms with Gasteiger partial charge in [-0.25, -0.2) is 4.98 Å². The Morgan fingerprint density at radius 1 is 1.43 bits per heavy atom. The van der Waals surface area contributed by atoms with E-state index in [1.165, 1.54) is 18.2 Å². The third-order valence-corrected chi connectivity index (χ3v) is 1.76. The van der Waals surface area contributed by atoms with Gasteiger partial charge in [0.2, 0.25) is 0 Å². The number of aromatic nitrogens is 1. The lowest BCUT2D eigenvalue weighted by Crippen LogP contribution is -2.30. The van der Waals surface area contributed by atoms with E-state index in [-0.39, 0.29) is 10.8 Å². The van der Waals surface area contributed by atoms with Gasteiger partial charge >= 0.3 is 6.18 Å². The van der Waals surface area contributed by atoms with Gasteiger partial charge in [-0.2, -0.15) is 13.2 Å². The van der Waals surface area contributed by atoms with Crippen LogP contribution in [-0.4, -0.2) is 22.4 Å². The molecule has 1 heterocycles. The van der Waals surface area contributed by atoms with Gasteiger partial charge < -0.3 is 5.11 Å². The van der Waals surface area contributed by atoms with Gasteiger partial charge in [0.05, 0.1) is 0 Å². The number of aliphatic hydroxyl groups excluding tert-OH is 1. The minimum atomic E-state index is -4.62. The van der Waals surface area contributed by atoms with E-state index in [0.717, 1.165) is 0 Å². The van der Waals surface area contributed by atoms with Crippen LogP contribution in [0.5, 0.6) is 0 Å². The Kier molecular flexibility index (Phi) is 3.34. The molecule has 1 N–H and O–H groups in total. The maximum absolute atomic E-state index is 11.9. The van der Waals surface area contributed by atoms with Gasteiger partial charge in [-0.3, -0.25) is 0 Å². The highest BCUT2D eigenvalue weighted by Gasteiger charge is 2.38. The van der Waals surface area contributed by atoms with Crippen molar-refractivity contribution >= 4 is 11.6 Å². The van der Waals surface area contributed by atoms with Crippen molar-refractivity contribution in [3.05, 3.63) is 29.0 Å². The molecule has 0 saturated heterocycles. The van der Waals surface area contributed by atoms with Gasteiger partial charge in [-0.1, -0.05) is 17.7 Å². The highest BCUT2D eigenvalue weighted by molar-refractivity contribution is 6.29. The number of alkyl halides is 3. The summed E-state index contributed by atoms with van der Waals surface area (Å²) in [6, 6.07) is 4.31. The molecule has 0 aliphatic heterocycles. The first kappa shape index (κ1) is 11.3. The average molecular weight is 226 g/mol. The van der Waals surface area contributed by atoms with Crippen LogP contribution in [0.3, 0.4) is 0 Å². The summed E-state index contributed by atoms with van der Waals surface area (Å²) in [6.07, 6.45) is -7.60. The molecule has 1 aromatic heterocycles. The van der Waals surface area contributed by atoms with Gasteiger partial charge in [0.15, 0.2) is 6.10 Å². The van der Waals surface area contributed by atoms with E-state index in [4.69, 9.17) is 16.7 Å². The molecule has 0 saturated carbocycles. The molecule has 0 aliphatic rings. The van der Waals surface area contributed by atoms with Crippen molar-refractivity contribution in [2.24, 2.45) is 0 Å². The summed E-state index contributed by atoms with van der Waals surface area (Å²) < 4.78 is 35.8. The number of aliphatic hydroxyl groups is 1. The summed E-state index contributed by atoms with van der Waals surface area (Å²) in [5.41, 5.74) is 0.113. The molecule has 0 bridgehead atoms. The van der Waals surface area contributed by atoms with Crippen LogP contribution >= 0.6 is 11.6 Å². The third-order valence-electron chi connectivity index (χ3n) is 1.55. The molecule has 2 nitrogen and oxygen atoms in total. The fourth-order valence-corrected chi connectivity index (χ4v) is 1.06. The standard InChI is InChI=1S/C8H7ClF3NO/c9-7-3-1-2-5(13-7)4-6(14)8(10,11)12/h1-3,6,14H,4H2/t6-/m1/s1. The zero-order valence-electron chi connectivity index (χ0n) is 6.92. The number of pyridine rings is 1. The smallest absolute Gasteiger partial charge is 0.383 e. The van der Waals surface area contributed by atoms with Crippen LogP contribution in [0, 0.1) is 0 Å². The summed E-state index contributed by atoms with van der Waals surface area (Å²) in [6.45, 7) is 0. The van der Waals surface area contributed by atoms with Crippen LogP contribution in [-0.2, 0) is 6.42 Å². The molecule has 0 spiro atoms. The largest absolute Gasteiger partial charge is 0.414 e. The summed E-state index contributed by atoms with van der Waals surface area (Å²) in [5, 5.41) is 8.83. The molecule has 0 amide bonds. The minimum Gasteiger partial charge on any atom is -0.383 e. The lowest BCUT2D eigenvalue weighted by Gasteiger charge is -2.13. The third kappa shape index (κ3) is 3.16. The highest BCUT2D eigenvalue weighted by Crippen LogP contribution is 2.22. The predicted molar refractivity (Wildman–Crippen MR) is 45.0 cm³/mol. The first-order valence-corrected chi connectivity index (χ1v) is 4.13. The molecular formula is C8H7ClF3NO. The van der Waals surface area contributed by atoms with Gasteiger partial charge in [0, 0.05) is 12.1 Å². The van der Waals surface area contributed by atoms with Crippen LogP contribution < -0.4 is 0 Å². The summed E-state index contributed by atoms with van der Waals surface area (Å²) in [7, 11) is 0. The first-order chi connectivity index (χ1) is 6.39. The van der Waals surface area contributed by atoms with E-state index in [9.17, 15) is 13.2 Å². The van der Waals surface area contributed by atoms with E-state index in [1.54, 1.807) is 0 Å². The molecule has 78 valence electrons. The second-order valence-electron chi connectivity index (χ2n) is 2.71. The average Bonchev–Trinajstić information content (AvgIpc) is 2.02. The second kappa shape index (κ2) is 4.14. The summed E-state index contributed by atoms with van der Waals surface area (Å²) >= 11 is 5.47. The quantitative estimate of drug-likeness (QED) is 0.783. The van der Waals surface area contributed by atoms with Crippen molar-refractivity contribution < 1.29 is 18.3 Å². The Morgan fingerprint density at radius 3 is 2.57 bits per heavy atom. The lowest BCUT2D eigenvalue weighted by molar-refractivity contribution is -0.203. The van der Waals surface area contributed by atoms with Crippen LogP contribution in [0.2, 0.25) is 5.15 Å². The van der Waals surface area contributed by atoms with Crippen molar-refractivity contribution in [2.45, 2.75) is 18.7 Å². The zero-order valence-corrected chi connectivity index (χ0v) is 7.68. The van der Waals surface area contributed by atoms with Gasteiger partial charge in [0.1, 0.15) is 5.15 Å². The van der Waals surface area contributed by atoms with E-state index >= 15 is 0 Å². The zero-order chi connectivity index (χ0) is 10.8. The Hall–Kier alpha value is -0.810. The lowest BCUT2D eigenvalue weighted by atomic mass is 10.2. The van der Waals surface area contributed by atoms with Crippen molar-refractivity contribution in [3.63, 3.8) is 0 Å². The number of rotatable bonds is 2. The Labute approximate surface area is 83.3 Å². The number of halogens is 4. The molecule has 14 heavy (non-hydrogen) atoms. The molecule has 6 heteroatoms. The number of hydrogen-bond acceptors (Lipinski definition) is 2. The van der Waals surface area contributed by atoms with Crippen LogP contribution in [0.4, 0.5) is 13.2 Å². The van der Waals surface area contributed by atoms with Crippen molar-refractivity contribution in [1.29, 1.82) is 0 Å². The van der Waals surface area contributed by atoms with Crippen LogP contribution in [0.25, 0.3) is 0 Å². The Bertz CT molecular complexity index is 316. The second-order valence-corrected chi connectivity index (χ2v) is 3.10. The Balaban J connectivity index is 2.70. The molecule has 0 aliphatic carbocycles. The maximum Gasteiger partial charge on any atom is 0.414 e.